The topological polar surface area (TPSA) is 73.9 Å². The predicted octanol–water partition coefficient (Wildman–Crippen LogP) is -0.385. The molecule has 88 valence electrons. The standard InChI is InChI=1S/C10H19NO4/c1-10(2)14-8-6(11)5-7(9(8)15-10)13-4-3-12/h6-9,12H,3-5,11H2,1-2H3/t6-,7-,8-,9-/m0/s1. The first-order valence-electron chi connectivity index (χ1n) is 5.37. The summed E-state index contributed by atoms with van der Waals surface area (Å²) in [6, 6.07) is -0.0412. The minimum absolute atomic E-state index is 0.0212. The van der Waals surface area contributed by atoms with Gasteiger partial charge in [-0.25, -0.2) is 0 Å². The van der Waals surface area contributed by atoms with Gasteiger partial charge in [0.25, 0.3) is 0 Å². The Kier molecular flexibility index (Phi) is 3.00. The first-order valence-corrected chi connectivity index (χ1v) is 5.37. The second-order valence-corrected chi connectivity index (χ2v) is 4.60. The van der Waals surface area contributed by atoms with Crippen molar-refractivity contribution >= 4 is 0 Å². The molecule has 1 saturated heterocycles. The summed E-state index contributed by atoms with van der Waals surface area (Å²) >= 11 is 0. The first-order chi connectivity index (χ1) is 7.03. The van der Waals surface area contributed by atoms with Crippen molar-refractivity contribution in [3.05, 3.63) is 0 Å². The Labute approximate surface area is 89.5 Å². The molecule has 1 heterocycles. The van der Waals surface area contributed by atoms with Gasteiger partial charge < -0.3 is 25.1 Å². The van der Waals surface area contributed by atoms with Gasteiger partial charge >= 0.3 is 0 Å². The number of rotatable bonds is 3. The van der Waals surface area contributed by atoms with Crippen molar-refractivity contribution in [2.24, 2.45) is 5.73 Å². The highest BCUT2D eigenvalue weighted by Crippen LogP contribution is 2.38. The first kappa shape index (κ1) is 11.3. The Morgan fingerprint density at radius 2 is 2.07 bits per heavy atom. The van der Waals surface area contributed by atoms with Crippen molar-refractivity contribution in [3.63, 3.8) is 0 Å². The van der Waals surface area contributed by atoms with Crippen LogP contribution in [0.15, 0.2) is 0 Å². The zero-order valence-corrected chi connectivity index (χ0v) is 9.18. The van der Waals surface area contributed by atoms with E-state index in [2.05, 4.69) is 0 Å². The molecule has 2 aliphatic rings. The summed E-state index contributed by atoms with van der Waals surface area (Å²) in [5.41, 5.74) is 5.96. The molecule has 1 saturated carbocycles. The third kappa shape index (κ3) is 2.16. The zero-order chi connectivity index (χ0) is 11.1. The Hall–Kier alpha value is -0.200. The monoisotopic (exact) mass is 217 g/mol. The van der Waals surface area contributed by atoms with Gasteiger partial charge in [0.2, 0.25) is 0 Å². The maximum absolute atomic E-state index is 8.71. The Morgan fingerprint density at radius 3 is 2.73 bits per heavy atom. The quantitative estimate of drug-likeness (QED) is 0.674. The lowest BCUT2D eigenvalue weighted by Gasteiger charge is -2.22. The van der Waals surface area contributed by atoms with Crippen LogP contribution in [0.4, 0.5) is 0 Å². The van der Waals surface area contributed by atoms with E-state index in [0.29, 0.717) is 6.61 Å². The molecule has 0 radical (unpaired) electrons. The molecule has 0 amide bonds. The van der Waals surface area contributed by atoms with Crippen LogP contribution in [0.2, 0.25) is 0 Å². The van der Waals surface area contributed by atoms with Crippen LogP contribution < -0.4 is 5.73 Å². The summed E-state index contributed by atoms with van der Waals surface area (Å²) in [5, 5.41) is 8.71. The van der Waals surface area contributed by atoms with Crippen LogP contribution in [0, 0.1) is 0 Å². The van der Waals surface area contributed by atoms with Crippen LogP contribution in [0.5, 0.6) is 0 Å². The lowest BCUT2D eigenvalue weighted by molar-refractivity contribution is -0.168. The maximum Gasteiger partial charge on any atom is 0.163 e. The minimum Gasteiger partial charge on any atom is -0.394 e. The van der Waals surface area contributed by atoms with E-state index in [4.69, 9.17) is 25.1 Å². The van der Waals surface area contributed by atoms with E-state index in [1.807, 2.05) is 13.8 Å². The fourth-order valence-electron chi connectivity index (χ4n) is 2.34. The molecule has 1 aliphatic carbocycles. The number of hydrogen-bond donors (Lipinski definition) is 2. The van der Waals surface area contributed by atoms with Crippen molar-refractivity contribution in [2.45, 2.75) is 50.4 Å². The molecule has 0 bridgehead atoms. The second-order valence-electron chi connectivity index (χ2n) is 4.60. The van der Waals surface area contributed by atoms with Crippen LogP contribution in [-0.2, 0) is 14.2 Å². The molecule has 2 fully saturated rings. The summed E-state index contributed by atoms with van der Waals surface area (Å²) < 4.78 is 16.9. The smallest absolute Gasteiger partial charge is 0.163 e. The molecule has 2 rings (SSSR count). The van der Waals surface area contributed by atoms with Crippen LogP contribution in [-0.4, -0.2) is 48.5 Å². The molecular formula is C10H19NO4. The van der Waals surface area contributed by atoms with E-state index >= 15 is 0 Å². The van der Waals surface area contributed by atoms with Crippen LogP contribution in [0.1, 0.15) is 20.3 Å². The molecule has 0 aromatic heterocycles. The average Bonchev–Trinajstić information content (AvgIpc) is 2.60. The highest BCUT2D eigenvalue weighted by Gasteiger charge is 2.53. The van der Waals surface area contributed by atoms with Crippen LogP contribution >= 0.6 is 0 Å². The molecule has 0 unspecified atom stereocenters. The molecule has 1 aliphatic heterocycles. The number of nitrogens with two attached hydrogens (primary N) is 1. The van der Waals surface area contributed by atoms with E-state index in [1.165, 1.54) is 0 Å². The average molecular weight is 217 g/mol. The molecule has 5 nitrogen and oxygen atoms in total. The normalized spacial score (nSPS) is 43.2. The maximum atomic E-state index is 8.71. The van der Waals surface area contributed by atoms with Gasteiger partial charge in [0, 0.05) is 6.04 Å². The van der Waals surface area contributed by atoms with Gasteiger partial charge in [-0.3, -0.25) is 0 Å². The fourth-order valence-corrected chi connectivity index (χ4v) is 2.34. The molecule has 4 atom stereocenters. The largest absolute Gasteiger partial charge is 0.394 e. The van der Waals surface area contributed by atoms with Crippen LogP contribution in [0.25, 0.3) is 0 Å². The summed E-state index contributed by atoms with van der Waals surface area (Å²) in [5.74, 6) is -0.575. The lowest BCUT2D eigenvalue weighted by atomic mass is 10.2. The molecule has 0 aromatic rings. The molecule has 0 aromatic carbocycles. The predicted molar refractivity (Wildman–Crippen MR) is 53.2 cm³/mol. The summed E-state index contributed by atoms with van der Waals surface area (Å²) in [6.07, 6.45) is 0.495. The van der Waals surface area contributed by atoms with Gasteiger partial charge in [-0.1, -0.05) is 0 Å². The van der Waals surface area contributed by atoms with Gasteiger partial charge in [0.1, 0.15) is 12.2 Å². The number of aliphatic hydroxyl groups excluding tert-OH is 1. The van der Waals surface area contributed by atoms with Crippen molar-refractivity contribution in [3.8, 4) is 0 Å². The van der Waals surface area contributed by atoms with Crippen molar-refractivity contribution < 1.29 is 19.3 Å². The zero-order valence-electron chi connectivity index (χ0n) is 9.18. The van der Waals surface area contributed by atoms with Crippen molar-refractivity contribution in [1.29, 1.82) is 0 Å². The SMILES string of the molecule is CC1(C)O[C@@H]2[C@@H](O1)[C@@H](N)C[C@@H]2OCCO. The highest BCUT2D eigenvalue weighted by molar-refractivity contribution is 5.01. The number of fused-ring (bicyclic) bond motifs is 1. The van der Waals surface area contributed by atoms with Gasteiger partial charge in [-0.2, -0.15) is 0 Å². The molecule has 5 heteroatoms. The third-order valence-corrected chi connectivity index (χ3v) is 2.88. The fraction of sp³-hybridized carbons (Fsp3) is 1.00. The molecular weight excluding hydrogens is 198 g/mol. The van der Waals surface area contributed by atoms with Gasteiger partial charge in [-0.15, -0.1) is 0 Å². The van der Waals surface area contributed by atoms with Gasteiger partial charge in [-0.05, 0) is 20.3 Å². The van der Waals surface area contributed by atoms with E-state index < -0.39 is 5.79 Å². The van der Waals surface area contributed by atoms with E-state index in [0.717, 1.165) is 6.42 Å². The highest BCUT2D eigenvalue weighted by atomic mass is 16.8. The van der Waals surface area contributed by atoms with E-state index in [-0.39, 0.29) is 31.0 Å². The van der Waals surface area contributed by atoms with Crippen molar-refractivity contribution in [2.75, 3.05) is 13.2 Å². The van der Waals surface area contributed by atoms with Gasteiger partial charge in [0.05, 0.1) is 19.3 Å². The Balaban J connectivity index is 1.99. The number of hydrogen-bond acceptors (Lipinski definition) is 5. The van der Waals surface area contributed by atoms with E-state index in [9.17, 15) is 0 Å². The van der Waals surface area contributed by atoms with Crippen molar-refractivity contribution in [1.82, 2.24) is 0 Å². The molecule has 0 spiro atoms. The van der Waals surface area contributed by atoms with Crippen LogP contribution in [0.3, 0.4) is 0 Å². The Bertz CT molecular complexity index is 233. The number of ether oxygens (including phenoxy) is 3. The van der Waals surface area contributed by atoms with Gasteiger partial charge in [0.15, 0.2) is 5.79 Å². The molecule has 15 heavy (non-hydrogen) atoms. The summed E-state index contributed by atoms with van der Waals surface area (Å²) in [7, 11) is 0. The van der Waals surface area contributed by atoms with E-state index in [1.54, 1.807) is 0 Å². The lowest BCUT2D eigenvalue weighted by Crippen LogP contribution is -2.35. The summed E-state index contributed by atoms with van der Waals surface area (Å²) in [6.45, 7) is 4.10. The molecule has 3 N–H and O–H groups in total. The Morgan fingerprint density at radius 1 is 1.40 bits per heavy atom. The second kappa shape index (κ2) is 3.99. The third-order valence-electron chi connectivity index (χ3n) is 2.88. The summed E-state index contributed by atoms with van der Waals surface area (Å²) in [4.78, 5) is 0. The number of aliphatic hydroxyl groups is 1. The minimum atomic E-state index is -0.575.